The third-order valence-corrected chi connectivity index (χ3v) is 1.23. The Balaban J connectivity index is 2.60. The summed E-state index contributed by atoms with van der Waals surface area (Å²) in [5.74, 6) is 0.567. The zero-order chi connectivity index (χ0) is 9.68. The quantitative estimate of drug-likeness (QED) is 0.733. The van der Waals surface area contributed by atoms with Gasteiger partial charge in [-0.1, -0.05) is 18.2 Å². The Morgan fingerprint density at radius 3 is 2.69 bits per heavy atom. The average molecular weight is 196 g/mol. The van der Waals surface area contributed by atoms with Crippen molar-refractivity contribution in [2.75, 3.05) is 6.61 Å². The highest BCUT2D eigenvalue weighted by Crippen LogP contribution is 2.08. The van der Waals surface area contributed by atoms with E-state index in [1.54, 1.807) is 6.07 Å². The summed E-state index contributed by atoms with van der Waals surface area (Å²) in [6, 6.07) is 1.80. The molecule has 4 nitrogen and oxygen atoms in total. The van der Waals surface area contributed by atoms with E-state index < -0.39 is 0 Å². The molecular weight excluding hydrogens is 190 g/mol. The maximum Gasteiger partial charge on any atom is 0.232 e. The van der Waals surface area contributed by atoms with Crippen molar-refractivity contribution in [3.63, 3.8) is 0 Å². The summed E-state index contributed by atoms with van der Waals surface area (Å²) in [4.78, 5) is 7.41. The smallest absolute Gasteiger partial charge is 0.232 e. The number of nitrogens with zero attached hydrogens (tertiary/aromatic N) is 3. The molecule has 0 N–H and O–H groups in total. The summed E-state index contributed by atoms with van der Waals surface area (Å²) in [7, 11) is 0. The molecule has 0 unspecified atom stereocenters. The summed E-state index contributed by atoms with van der Waals surface area (Å²) in [6.07, 6.45) is 2.82. The molecule has 1 aromatic heterocycles. The molecule has 1 rings (SSSR count). The number of hydrogen-bond donors (Lipinski definition) is 0. The van der Waals surface area contributed by atoms with E-state index in [1.165, 1.54) is 12.4 Å². The number of nitriles is 1. The molecule has 0 bridgehead atoms. The molecule has 0 aromatic carbocycles. The lowest BCUT2D eigenvalue weighted by Crippen LogP contribution is -1.98. The van der Waals surface area contributed by atoms with E-state index in [0.717, 1.165) is 0 Å². The molecule has 0 amide bonds. The number of ether oxygens (including phenoxy) is 1. The zero-order valence-electron chi connectivity index (χ0n) is 6.70. The Labute approximate surface area is 80.5 Å². The van der Waals surface area contributed by atoms with Crippen LogP contribution in [-0.4, -0.2) is 16.6 Å². The molecule has 0 aliphatic rings. The van der Waals surface area contributed by atoms with Crippen molar-refractivity contribution in [2.24, 2.45) is 0 Å². The van der Waals surface area contributed by atoms with E-state index in [-0.39, 0.29) is 12.4 Å². The van der Waals surface area contributed by atoms with Crippen molar-refractivity contribution >= 4 is 11.6 Å². The molecule has 0 saturated carbocycles. The van der Waals surface area contributed by atoms with Crippen molar-refractivity contribution in [1.29, 1.82) is 5.26 Å². The lowest BCUT2D eigenvalue weighted by atomic mass is 10.5. The zero-order valence-corrected chi connectivity index (χ0v) is 7.45. The van der Waals surface area contributed by atoms with E-state index >= 15 is 0 Å². The van der Waals surface area contributed by atoms with Gasteiger partial charge in [0.25, 0.3) is 0 Å². The van der Waals surface area contributed by atoms with Crippen LogP contribution >= 0.6 is 11.6 Å². The predicted octanol–water partition coefficient (Wildman–Crippen LogP) is 1.48. The standard InChI is InChI=1S/C8H6ClN3O/c1-6(9)5-13-7-3-11-8(2-10)12-4-7/h3-4H,1,5H2. The van der Waals surface area contributed by atoms with Crippen LogP contribution in [0.2, 0.25) is 0 Å². The third-order valence-electron chi connectivity index (χ3n) is 1.12. The van der Waals surface area contributed by atoms with Gasteiger partial charge in [0.1, 0.15) is 12.7 Å². The molecule has 0 fully saturated rings. The Hall–Kier alpha value is -1.60. The second-order valence-corrected chi connectivity index (χ2v) is 2.69. The number of hydrogen-bond acceptors (Lipinski definition) is 4. The van der Waals surface area contributed by atoms with Gasteiger partial charge in [-0.3, -0.25) is 0 Å². The monoisotopic (exact) mass is 195 g/mol. The molecular formula is C8H6ClN3O. The fourth-order valence-electron chi connectivity index (χ4n) is 0.610. The first-order chi connectivity index (χ1) is 6.22. The number of rotatable bonds is 3. The fourth-order valence-corrected chi connectivity index (χ4v) is 0.665. The lowest BCUT2D eigenvalue weighted by molar-refractivity contribution is 0.356. The molecule has 1 aromatic rings. The first kappa shape index (κ1) is 9.49. The molecule has 0 saturated heterocycles. The first-order valence-electron chi connectivity index (χ1n) is 3.40. The highest BCUT2D eigenvalue weighted by Gasteiger charge is 1.97. The minimum absolute atomic E-state index is 0.108. The van der Waals surface area contributed by atoms with Crippen LogP contribution in [0.4, 0.5) is 0 Å². The Morgan fingerprint density at radius 2 is 2.23 bits per heavy atom. The van der Waals surface area contributed by atoms with Crippen LogP contribution in [-0.2, 0) is 0 Å². The van der Waals surface area contributed by atoms with Crippen molar-refractivity contribution < 1.29 is 4.74 Å². The molecule has 0 aliphatic carbocycles. The molecule has 0 radical (unpaired) electrons. The van der Waals surface area contributed by atoms with Crippen LogP contribution in [0.1, 0.15) is 5.82 Å². The van der Waals surface area contributed by atoms with Crippen LogP contribution < -0.4 is 4.74 Å². The predicted molar refractivity (Wildman–Crippen MR) is 47.2 cm³/mol. The van der Waals surface area contributed by atoms with Crippen molar-refractivity contribution in [2.45, 2.75) is 0 Å². The van der Waals surface area contributed by atoms with Gasteiger partial charge in [-0.05, 0) is 0 Å². The average Bonchev–Trinajstić information content (AvgIpc) is 2.15. The number of aromatic nitrogens is 2. The summed E-state index contributed by atoms with van der Waals surface area (Å²) in [6.45, 7) is 3.66. The minimum Gasteiger partial charge on any atom is -0.485 e. The van der Waals surface area contributed by atoms with Crippen LogP contribution in [0.15, 0.2) is 24.0 Å². The van der Waals surface area contributed by atoms with Gasteiger partial charge in [-0.25, -0.2) is 9.97 Å². The SMILES string of the molecule is C=C(Cl)COc1cnc(C#N)nc1. The molecule has 66 valence electrons. The van der Waals surface area contributed by atoms with Gasteiger partial charge < -0.3 is 4.74 Å². The Kier molecular flexibility index (Phi) is 3.23. The Bertz CT molecular complexity index is 341. The van der Waals surface area contributed by atoms with Crippen molar-refractivity contribution in [3.8, 4) is 11.8 Å². The van der Waals surface area contributed by atoms with Gasteiger partial charge in [0.2, 0.25) is 5.82 Å². The van der Waals surface area contributed by atoms with E-state index in [0.29, 0.717) is 10.8 Å². The summed E-state index contributed by atoms with van der Waals surface area (Å²) >= 11 is 5.47. The van der Waals surface area contributed by atoms with E-state index in [9.17, 15) is 0 Å². The highest BCUT2D eigenvalue weighted by molar-refractivity contribution is 6.29. The Morgan fingerprint density at radius 1 is 1.62 bits per heavy atom. The minimum atomic E-state index is 0.108. The second kappa shape index (κ2) is 4.43. The van der Waals surface area contributed by atoms with Gasteiger partial charge in [0.05, 0.1) is 12.4 Å². The maximum absolute atomic E-state index is 8.40. The molecule has 0 aliphatic heterocycles. The fraction of sp³-hybridized carbons (Fsp3) is 0.125. The van der Waals surface area contributed by atoms with Gasteiger partial charge >= 0.3 is 0 Å². The summed E-state index contributed by atoms with van der Waals surface area (Å²) < 4.78 is 5.10. The van der Waals surface area contributed by atoms with Crippen LogP contribution in [0.5, 0.6) is 5.75 Å². The van der Waals surface area contributed by atoms with Gasteiger partial charge in [0.15, 0.2) is 5.75 Å². The van der Waals surface area contributed by atoms with E-state index in [1.807, 2.05) is 0 Å². The normalized spacial score (nSPS) is 8.92. The summed E-state index contributed by atoms with van der Waals surface area (Å²) in [5, 5.41) is 8.79. The largest absolute Gasteiger partial charge is 0.485 e. The molecule has 0 atom stereocenters. The maximum atomic E-state index is 8.40. The second-order valence-electron chi connectivity index (χ2n) is 2.16. The van der Waals surface area contributed by atoms with Crippen LogP contribution in [0, 0.1) is 11.3 Å². The first-order valence-corrected chi connectivity index (χ1v) is 3.78. The van der Waals surface area contributed by atoms with Crippen LogP contribution in [0.3, 0.4) is 0 Å². The van der Waals surface area contributed by atoms with Crippen molar-refractivity contribution in [3.05, 3.63) is 29.8 Å². The van der Waals surface area contributed by atoms with Gasteiger partial charge in [0, 0.05) is 5.03 Å². The highest BCUT2D eigenvalue weighted by atomic mass is 35.5. The van der Waals surface area contributed by atoms with Crippen molar-refractivity contribution in [1.82, 2.24) is 9.97 Å². The van der Waals surface area contributed by atoms with Crippen LogP contribution in [0.25, 0.3) is 0 Å². The number of halogens is 1. The third kappa shape index (κ3) is 3.09. The lowest BCUT2D eigenvalue weighted by Gasteiger charge is -2.02. The van der Waals surface area contributed by atoms with Gasteiger partial charge in [-0.2, -0.15) is 5.26 Å². The summed E-state index contributed by atoms with van der Waals surface area (Å²) in [5.41, 5.74) is 0. The molecule has 13 heavy (non-hydrogen) atoms. The molecule has 1 heterocycles. The topological polar surface area (TPSA) is 58.8 Å². The molecule has 0 spiro atoms. The van der Waals surface area contributed by atoms with E-state index in [4.69, 9.17) is 21.6 Å². The van der Waals surface area contributed by atoms with E-state index in [2.05, 4.69) is 16.5 Å². The van der Waals surface area contributed by atoms with Gasteiger partial charge in [-0.15, -0.1) is 0 Å². The molecule has 5 heteroatoms.